The Labute approximate surface area is 197 Å². The third-order valence-corrected chi connectivity index (χ3v) is 7.21. The molecule has 2 aromatic heterocycles. The number of benzene rings is 1. The van der Waals surface area contributed by atoms with E-state index < -0.39 is 27.3 Å². The van der Waals surface area contributed by atoms with E-state index in [0.717, 1.165) is 55.2 Å². The summed E-state index contributed by atoms with van der Waals surface area (Å²) in [6, 6.07) is 3.96. The topological polar surface area (TPSA) is 96.2 Å². The third-order valence-electron chi connectivity index (χ3n) is 5.73. The second-order valence-electron chi connectivity index (χ2n) is 8.08. The highest BCUT2D eigenvalue weighted by atomic mass is 32.2. The second-order valence-corrected chi connectivity index (χ2v) is 9.92. The molecule has 3 heterocycles. The van der Waals surface area contributed by atoms with Gasteiger partial charge in [0.05, 0.1) is 29.5 Å². The summed E-state index contributed by atoms with van der Waals surface area (Å²) in [5, 5.41) is 7.95. The van der Waals surface area contributed by atoms with Crippen LogP contribution in [-0.2, 0) is 10.0 Å². The van der Waals surface area contributed by atoms with Crippen molar-refractivity contribution in [3.63, 3.8) is 0 Å². The van der Waals surface area contributed by atoms with Crippen LogP contribution in [0.3, 0.4) is 0 Å². The van der Waals surface area contributed by atoms with Gasteiger partial charge < -0.3 is 9.80 Å². The van der Waals surface area contributed by atoms with E-state index in [0.29, 0.717) is 17.7 Å². The van der Waals surface area contributed by atoms with Crippen LogP contribution in [0, 0.1) is 11.6 Å². The van der Waals surface area contributed by atoms with Crippen molar-refractivity contribution in [2.24, 2.45) is 0 Å². The monoisotopic (exact) mass is 491 g/mol. The van der Waals surface area contributed by atoms with Crippen LogP contribution in [0.2, 0.25) is 0 Å². The molecule has 1 aromatic carbocycles. The fourth-order valence-corrected chi connectivity index (χ4v) is 5.02. The molecule has 0 aliphatic carbocycles. The van der Waals surface area contributed by atoms with Gasteiger partial charge in [-0.1, -0.05) is 19.1 Å². The van der Waals surface area contributed by atoms with E-state index in [4.69, 9.17) is 0 Å². The largest absolute Gasteiger partial charge is 0.368 e. The maximum absolute atomic E-state index is 15.1. The standard InChI is InChI=1S/C22H27F2N7O2S/c1-3-11-34(32,33)27-19-6-5-18(23)22(21(19)24)31-15-20(26-28-31)16-12-17(14-25-13-16)30-9-7-29(4-2)8-10-30/h5-6,12-15,27H,3-4,7-11H2,1-2H3. The molecule has 1 fully saturated rings. The molecule has 1 aliphatic rings. The van der Waals surface area contributed by atoms with Gasteiger partial charge in [0.25, 0.3) is 0 Å². The molecule has 9 nitrogen and oxygen atoms in total. The fourth-order valence-electron chi connectivity index (χ4n) is 3.89. The van der Waals surface area contributed by atoms with Gasteiger partial charge in [-0.2, -0.15) is 0 Å². The molecule has 0 atom stereocenters. The van der Waals surface area contributed by atoms with Crippen LogP contribution in [0.25, 0.3) is 16.9 Å². The average molecular weight is 492 g/mol. The number of hydrogen-bond donors (Lipinski definition) is 1. The molecular formula is C22H27F2N7O2S. The average Bonchev–Trinajstić information content (AvgIpc) is 3.31. The molecule has 0 unspecified atom stereocenters. The molecule has 34 heavy (non-hydrogen) atoms. The summed E-state index contributed by atoms with van der Waals surface area (Å²) < 4.78 is 56.9. The predicted molar refractivity (Wildman–Crippen MR) is 127 cm³/mol. The number of hydrogen-bond acceptors (Lipinski definition) is 7. The van der Waals surface area contributed by atoms with Crippen LogP contribution in [0.15, 0.2) is 36.8 Å². The molecule has 0 radical (unpaired) electrons. The number of likely N-dealkylation sites (N-methyl/N-ethyl adjacent to an activating group) is 1. The Morgan fingerprint density at radius 3 is 2.56 bits per heavy atom. The van der Waals surface area contributed by atoms with E-state index in [1.54, 1.807) is 19.3 Å². The first-order valence-corrected chi connectivity index (χ1v) is 12.8. The summed E-state index contributed by atoms with van der Waals surface area (Å²) in [4.78, 5) is 8.92. The molecule has 4 rings (SSSR count). The summed E-state index contributed by atoms with van der Waals surface area (Å²) in [5.74, 6) is -2.14. The second kappa shape index (κ2) is 10.0. The number of rotatable bonds is 8. The van der Waals surface area contributed by atoms with Gasteiger partial charge in [-0.25, -0.2) is 21.9 Å². The first-order chi connectivity index (χ1) is 16.3. The summed E-state index contributed by atoms with van der Waals surface area (Å²) in [7, 11) is -3.75. The summed E-state index contributed by atoms with van der Waals surface area (Å²) in [5.41, 5.74) is 1.11. The van der Waals surface area contributed by atoms with Crippen LogP contribution in [-0.4, -0.2) is 71.8 Å². The van der Waals surface area contributed by atoms with Crippen LogP contribution in [0.4, 0.5) is 20.2 Å². The lowest BCUT2D eigenvalue weighted by molar-refractivity contribution is 0.271. The van der Waals surface area contributed by atoms with Gasteiger partial charge in [0.2, 0.25) is 10.0 Å². The number of halogens is 2. The van der Waals surface area contributed by atoms with E-state index in [-0.39, 0.29) is 11.4 Å². The maximum Gasteiger partial charge on any atom is 0.232 e. The van der Waals surface area contributed by atoms with Gasteiger partial charge in [0.15, 0.2) is 11.6 Å². The summed E-state index contributed by atoms with van der Waals surface area (Å²) in [6.45, 7) is 8.54. The quantitative estimate of drug-likeness (QED) is 0.518. The summed E-state index contributed by atoms with van der Waals surface area (Å²) >= 11 is 0. The van der Waals surface area contributed by atoms with Crippen molar-refractivity contribution in [2.45, 2.75) is 20.3 Å². The van der Waals surface area contributed by atoms with Crippen LogP contribution in [0.1, 0.15) is 20.3 Å². The number of anilines is 2. The number of piperazine rings is 1. The molecule has 0 spiro atoms. The van der Waals surface area contributed by atoms with Crippen molar-refractivity contribution in [1.29, 1.82) is 0 Å². The molecule has 3 aromatic rings. The first kappa shape index (κ1) is 24.0. The zero-order valence-electron chi connectivity index (χ0n) is 19.1. The lowest BCUT2D eigenvalue weighted by Crippen LogP contribution is -2.46. The van der Waals surface area contributed by atoms with Crippen LogP contribution in [0.5, 0.6) is 0 Å². The van der Waals surface area contributed by atoms with Gasteiger partial charge in [-0.05, 0) is 31.2 Å². The van der Waals surface area contributed by atoms with Crippen molar-refractivity contribution >= 4 is 21.4 Å². The zero-order chi connectivity index (χ0) is 24.3. The van der Waals surface area contributed by atoms with Crippen LogP contribution >= 0.6 is 0 Å². The highest BCUT2D eigenvalue weighted by Crippen LogP contribution is 2.28. The smallest absolute Gasteiger partial charge is 0.232 e. The molecule has 0 amide bonds. The van der Waals surface area contributed by atoms with Crippen molar-refractivity contribution in [2.75, 3.05) is 48.1 Å². The van der Waals surface area contributed by atoms with E-state index in [2.05, 4.69) is 36.7 Å². The van der Waals surface area contributed by atoms with E-state index in [1.807, 2.05) is 6.07 Å². The van der Waals surface area contributed by atoms with E-state index in [1.165, 1.54) is 6.20 Å². The Hall–Kier alpha value is -3.12. The maximum atomic E-state index is 15.1. The number of nitrogens with zero attached hydrogens (tertiary/aromatic N) is 6. The molecule has 182 valence electrons. The van der Waals surface area contributed by atoms with Crippen molar-refractivity contribution in [3.8, 4) is 16.9 Å². The molecule has 1 aliphatic heterocycles. The van der Waals surface area contributed by atoms with Gasteiger partial charge in [0.1, 0.15) is 11.4 Å². The Morgan fingerprint density at radius 2 is 1.85 bits per heavy atom. The Kier molecular flexibility index (Phi) is 7.08. The Morgan fingerprint density at radius 1 is 1.09 bits per heavy atom. The normalized spacial score (nSPS) is 15.0. The van der Waals surface area contributed by atoms with E-state index in [9.17, 15) is 12.8 Å². The van der Waals surface area contributed by atoms with Gasteiger partial charge in [-0.3, -0.25) is 9.71 Å². The highest BCUT2D eigenvalue weighted by Gasteiger charge is 2.21. The SMILES string of the molecule is CCCS(=O)(=O)Nc1ccc(F)c(-n2cc(-c3cncc(N4CCN(CC)CC4)c3)nn2)c1F. The van der Waals surface area contributed by atoms with E-state index >= 15 is 4.39 Å². The number of nitrogens with one attached hydrogen (secondary N) is 1. The summed E-state index contributed by atoms with van der Waals surface area (Å²) in [6.07, 6.45) is 5.14. The van der Waals surface area contributed by atoms with Crippen molar-refractivity contribution < 1.29 is 17.2 Å². The number of pyridine rings is 1. The van der Waals surface area contributed by atoms with Gasteiger partial charge in [0, 0.05) is 37.9 Å². The third kappa shape index (κ3) is 5.17. The molecule has 12 heteroatoms. The first-order valence-electron chi connectivity index (χ1n) is 11.1. The number of sulfonamides is 1. The van der Waals surface area contributed by atoms with Crippen molar-refractivity contribution in [3.05, 3.63) is 48.4 Å². The van der Waals surface area contributed by atoms with Crippen molar-refractivity contribution in [1.82, 2.24) is 24.9 Å². The van der Waals surface area contributed by atoms with Gasteiger partial charge >= 0.3 is 0 Å². The minimum atomic E-state index is -3.75. The molecule has 1 N–H and O–H groups in total. The number of aromatic nitrogens is 4. The fraction of sp³-hybridized carbons (Fsp3) is 0.409. The molecule has 0 saturated carbocycles. The lowest BCUT2D eigenvalue weighted by atomic mass is 10.2. The Bertz CT molecular complexity index is 1260. The van der Waals surface area contributed by atoms with Crippen LogP contribution < -0.4 is 9.62 Å². The molecular weight excluding hydrogens is 464 g/mol. The minimum Gasteiger partial charge on any atom is -0.368 e. The minimum absolute atomic E-state index is 0.177. The molecule has 0 bridgehead atoms. The van der Waals surface area contributed by atoms with Gasteiger partial charge in [-0.15, -0.1) is 5.10 Å². The lowest BCUT2D eigenvalue weighted by Gasteiger charge is -2.35. The predicted octanol–water partition coefficient (Wildman–Crippen LogP) is 2.90. The highest BCUT2D eigenvalue weighted by molar-refractivity contribution is 7.92. The zero-order valence-corrected chi connectivity index (χ0v) is 19.9. The Balaban J connectivity index is 1.60. The molecule has 1 saturated heterocycles.